The van der Waals surface area contributed by atoms with Gasteiger partial charge in [-0.3, -0.25) is 4.79 Å². The van der Waals surface area contributed by atoms with Crippen LogP contribution < -0.4 is 0 Å². The molecule has 1 aliphatic rings. The van der Waals surface area contributed by atoms with E-state index in [-0.39, 0.29) is 16.1 Å². The zero-order valence-electron chi connectivity index (χ0n) is 14.9. The third-order valence-electron chi connectivity index (χ3n) is 4.95. The van der Waals surface area contributed by atoms with Crippen molar-refractivity contribution in [3.63, 3.8) is 0 Å². The first-order valence-corrected chi connectivity index (χ1v) is 11.0. The second kappa shape index (κ2) is 7.90. The number of hydrogen-bond acceptors (Lipinski definition) is 5. The highest BCUT2D eigenvalue weighted by Crippen LogP contribution is 2.33. The fourth-order valence-corrected chi connectivity index (χ4v) is 5.45. The van der Waals surface area contributed by atoms with Crippen molar-refractivity contribution < 1.29 is 17.9 Å². The molecule has 1 heterocycles. The van der Waals surface area contributed by atoms with Crippen molar-refractivity contribution in [3.05, 3.63) is 53.4 Å². The summed E-state index contributed by atoms with van der Waals surface area (Å²) in [5.41, 5.74) is 0.793. The van der Waals surface area contributed by atoms with E-state index in [4.69, 9.17) is 4.74 Å². The van der Waals surface area contributed by atoms with Crippen LogP contribution in [0.3, 0.4) is 0 Å². The van der Waals surface area contributed by atoms with Crippen molar-refractivity contribution in [2.75, 3.05) is 7.05 Å². The van der Waals surface area contributed by atoms with Crippen molar-refractivity contribution in [3.8, 4) is 0 Å². The van der Waals surface area contributed by atoms with E-state index < -0.39 is 22.2 Å². The molecule has 26 heavy (non-hydrogen) atoms. The van der Waals surface area contributed by atoms with Gasteiger partial charge in [0, 0.05) is 7.05 Å². The van der Waals surface area contributed by atoms with Crippen LogP contribution in [0.4, 0.5) is 0 Å². The molecule has 0 aliphatic heterocycles. The molecule has 1 aromatic carbocycles. The molecule has 0 saturated heterocycles. The molecule has 1 aliphatic carbocycles. The molecule has 2 atom stereocenters. The van der Waals surface area contributed by atoms with Crippen LogP contribution in [-0.2, 0) is 19.6 Å². The van der Waals surface area contributed by atoms with E-state index in [0.29, 0.717) is 0 Å². The van der Waals surface area contributed by atoms with Crippen LogP contribution in [0.5, 0.6) is 0 Å². The van der Waals surface area contributed by atoms with Gasteiger partial charge in [0.25, 0.3) is 10.0 Å². The molecular formula is C19H23NO4S2. The largest absolute Gasteiger partial charge is 0.456 e. The fraction of sp³-hybridized carbons (Fsp3) is 0.421. The number of thiophene rings is 1. The van der Waals surface area contributed by atoms with Crippen LogP contribution in [-0.4, -0.2) is 31.8 Å². The van der Waals surface area contributed by atoms with Gasteiger partial charge in [-0.05, 0) is 36.8 Å². The second-order valence-electron chi connectivity index (χ2n) is 6.59. The lowest BCUT2D eigenvalue weighted by Gasteiger charge is -2.33. The van der Waals surface area contributed by atoms with Crippen molar-refractivity contribution in [1.82, 2.24) is 4.31 Å². The minimum absolute atomic E-state index is 0.0624. The maximum Gasteiger partial charge on any atom is 0.309 e. The molecule has 3 rings (SSSR count). The second-order valence-corrected chi connectivity index (χ2v) is 9.76. The minimum Gasteiger partial charge on any atom is -0.456 e. The number of sulfonamides is 1. The van der Waals surface area contributed by atoms with Crippen molar-refractivity contribution in [2.45, 2.75) is 42.5 Å². The SMILES string of the molecule is C[C@@H]([C@H](OC(=O)C1CCC1)c1ccccc1)N(C)S(=O)(=O)c1cccs1. The Hall–Kier alpha value is -1.70. The predicted molar refractivity (Wildman–Crippen MR) is 101 cm³/mol. The van der Waals surface area contributed by atoms with Gasteiger partial charge in [0.15, 0.2) is 0 Å². The van der Waals surface area contributed by atoms with Gasteiger partial charge >= 0.3 is 5.97 Å². The predicted octanol–water partition coefficient (Wildman–Crippen LogP) is 3.84. The van der Waals surface area contributed by atoms with Gasteiger partial charge in [0.2, 0.25) is 0 Å². The van der Waals surface area contributed by atoms with E-state index in [1.165, 1.54) is 22.7 Å². The summed E-state index contributed by atoms with van der Waals surface area (Å²) in [5.74, 6) is -0.300. The van der Waals surface area contributed by atoms with Gasteiger partial charge in [-0.2, -0.15) is 4.31 Å². The Bertz CT molecular complexity index is 830. The normalized spacial score (nSPS) is 17.5. The van der Waals surface area contributed by atoms with E-state index in [9.17, 15) is 13.2 Å². The van der Waals surface area contributed by atoms with Gasteiger partial charge < -0.3 is 4.74 Å². The summed E-state index contributed by atoms with van der Waals surface area (Å²) >= 11 is 1.18. The molecular weight excluding hydrogens is 370 g/mol. The van der Waals surface area contributed by atoms with E-state index in [1.807, 2.05) is 30.3 Å². The molecule has 5 nitrogen and oxygen atoms in total. The number of hydrogen-bond donors (Lipinski definition) is 0. The zero-order valence-corrected chi connectivity index (χ0v) is 16.5. The molecule has 0 bridgehead atoms. The minimum atomic E-state index is -3.63. The Kier molecular flexibility index (Phi) is 5.79. The number of nitrogens with zero attached hydrogens (tertiary/aromatic N) is 1. The summed E-state index contributed by atoms with van der Waals surface area (Å²) < 4.78 is 33.1. The Balaban J connectivity index is 1.86. The summed E-state index contributed by atoms with van der Waals surface area (Å²) in [6, 6.07) is 12.1. The lowest BCUT2D eigenvalue weighted by Crippen LogP contribution is -2.41. The van der Waals surface area contributed by atoms with Crippen LogP contribution in [0.25, 0.3) is 0 Å². The molecule has 2 aromatic rings. The van der Waals surface area contributed by atoms with E-state index in [1.54, 1.807) is 24.4 Å². The standard InChI is InChI=1S/C19H23NO4S2/c1-14(20(2)26(22,23)17-12-7-13-25-17)18(15-8-4-3-5-9-15)24-19(21)16-10-6-11-16/h3-5,7-9,12-14,16,18H,6,10-11H2,1-2H3/t14-,18-/m0/s1. The van der Waals surface area contributed by atoms with Crippen molar-refractivity contribution in [2.24, 2.45) is 5.92 Å². The monoisotopic (exact) mass is 393 g/mol. The number of carbonyl (C=O) groups is 1. The third kappa shape index (κ3) is 3.84. The fourth-order valence-electron chi connectivity index (χ4n) is 2.91. The highest BCUT2D eigenvalue weighted by molar-refractivity contribution is 7.91. The maximum atomic E-state index is 12.9. The molecule has 1 saturated carbocycles. The smallest absolute Gasteiger partial charge is 0.309 e. The summed E-state index contributed by atoms with van der Waals surface area (Å²) in [6.07, 6.45) is 2.08. The maximum absolute atomic E-state index is 12.9. The van der Waals surface area contributed by atoms with Gasteiger partial charge in [0.05, 0.1) is 12.0 Å². The quantitative estimate of drug-likeness (QED) is 0.671. The van der Waals surface area contributed by atoms with Crippen LogP contribution in [0.15, 0.2) is 52.1 Å². The van der Waals surface area contributed by atoms with E-state index in [0.717, 1.165) is 24.8 Å². The molecule has 0 radical (unpaired) electrons. The summed E-state index contributed by atoms with van der Waals surface area (Å²) in [5, 5.41) is 1.73. The lowest BCUT2D eigenvalue weighted by atomic mass is 9.85. The van der Waals surface area contributed by atoms with Gasteiger partial charge in [0.1, 0.15) is 10.3 Å². The average Bonchev–Trinajstić information content (AvgIpc) is 3.13. The molecule has 1 fully saturated rings. The first-order chi connectivity index (χ1) is 12.4. The Morgan fingerprint density at radius 3 is 2.42 bits per heavy atom. The number of esters is 1. The number of rotatable bonds is 7. The molecule has 0 unspecified atom stereocenters. The number of carbonyl (C=O) groups excluding carboxylic acids is 1. The van der Waals surface area contributed by atoms with Crippen LogP contribution in [0.1, 0.15) is 37.9 Å². The molecule has 140 valence electrons. The number of benzene rings is 1. The molecule has 0 N–H and O–H groups in total. The van der Waals surface area contributed by atoms with E-state index in [2.05, 4.69) is 0 Å². The molecule has 7 heteroatoms. The van der Waals surface area contributed by atoms with Crippen molar-refractivity contribution in [1.29, 1.82) is 0 Å². The molecule has 1 aromatic heterocycles. The Morgan fingerprint density at radius 1 is 1.19 bits per heavy atom. The topological polar surface area (TPSA) is 63.7 Å². The average molecular weight is 394 g/mol. The Labute approximate surface area is 158 Å². The van der Waals surface area contributed by atoms with Crippen LogP contribution in [0.2, 0.25) is 0 Å². The first kappa shape index (κ1) is 19.1. The Morgan fingerprint density at radius 2 is 1.88 bits per heavy atom. The van der Waals surface area contributed by atoms with Gasteiger partial charge in [-0.15, -0.1) is 11.3 Å². The summed E-state index contributed by atoms with van der Waals surface area (Å²) in [7, 11) is -2.10. The van der Waals surface area contributed by atoms with Crippen molar-refractivity contribution >= 4 is 27.3 Å². The highest BCUT2D eigenvalue weighted by Gasteiger charge is 2.36. The number of ether oxygens (including phenoxy) is 1. The lowest BCUT2D eigenvalue weighted by molar-refractivity contribution is -0.159. The third-order valence-corrected chi connectivity index (χ3v) is 8.27. The van der Waals surface area contributed by atoms with Gasteiger partial charge in [-0.1, -0.05) is 42.8 Å². The summed E-state index contributed by atoms with van der Waals surface area (Å²) in [4.78, 5) is 12.4. The highest BCUT2D eigenvalue weighted by atomic mass is 32.2. The zero-order chi connectivity index (χ0) is 18.7. The van der Waals surface area contributed by atoms with Gasteiger partial charge in [-0.25, -0.2) is 8.42 Å². The molecule has 0 spiro atoms. The first-order valence-electron chi connectivity index (χ1n) is 8.68. The molecule has 0 amide bonds. The van der Waals surface area contributed by atoms with Crippen LogP contribution in [0, 0.1) is 5.92 Å². The summed E-state index contributed by atoms with van der Waals surface area (Å²) in [6.45, 7) is 1.77. The number of likely N-dealkylation sites (N-methyl/N-ethyl adjacent to an activating group) is 1. The van der Waals surface area contributed by atoms with E-state index >= 15 is 0 Å². The van der Waals surface area contributed by atoms with Crippen LogP contribution >= 0.6 is 11.3 Å².